The van der Waals surface area contributed by atoms with Crippen LogP contribution in [0.5, 0.6) is 0 Å². The number of rotatable bonds is 3. The van der Waals surface area contributed by atoms with Gasteiger partial charge >= 0.3 is 5.97 Å². The third-order valence-electron chi connectivity index (χ3n) is 1.88. The standard InChI is InChI=1S/C9H15N3O2/c1-4-14-9(13)8-11-5-7(6(2)3)12(8)10/h5-6H,4,10H2,1-3H3. The number of nitrogen functional groups attached to an aromatic ring is 1. The lowest BCUT2D eigenvalue weighted by Crippen LogP contribution is -2.21. The summed E-state index contributed by atoms with van der Waals surface area (Å²) in [4.78, 5) is 15.2. The fraction of sp³-hybridized carbons (Fsp3) is 0.556. The molecule has 0 saturated heterocycles. The Hall–Kier alpha value is -1.52. The van der Waals surface area contributed by atoms with Crippen molar-refractivity contribution in [3.05, 3.63) is 17.7 Å². The van der Waals surface area contributed by atoms with Crippen LogP contribution in [0.25, 0.3) is 0 Å². The highest BCUT2D eigenvalue weighted by molar-refractivity contribution is 5.85. The van der Waals surface area contributed by atoms with Crippen molar-refractivity contribution >= 4 is 5.97 Å². The van der Waals surface area contributed by atoms with Gasteiger partial charge in [0.1, 0.15) is 0 Å². The van der Waals surface area contributed by atoms with Crippen LogP contribution in [-0.4, -0.2) is 22.2 Å². The molecule has 78 valence electrons. The van der Waals surface area contributed by atoms with Gasteiger partial charge in [-0.2, -0.15) is 0 Å². The normalized spacial score (nSPS) is 10.6. The van der Waals surface area contributed by atoms with E-state index in [0.29, 0.717) is 6.61 Å². The summed E-state index contributed by atoms with van der Waals surface area (Å²) in [6, 6.07) is 0. The van der Waals surface area contributed by atoms with Crippen molar-refractivity contribution in [2.24, 2.45) is 0 Å². The maximum atomic E-state index is 11.3. The molecule has 0 aliphatic rings. The number of hydrogen-bond acceptors (Lipinski definition) is 4. The molecule has 0 aliphatic carbocycles. The zero-order chi connectivity index (χ0) is 10.7. The van der Waals surface area contributed by atoms with Crippen LogP contribution in [0.15, 0.2) is 6.20 Å². The van der Waals surface area contributed by atoms with Gasteiger partial charge in [-0.25, -0.2) is 14.5 Å². The Bertz CT molecular complexity index is 331. The highest BCUT2D eigenvalue weighted by Crippen LogP contribution is 2.13. The molecule has 1 aromatic heterocycles. The summed E-state index contributed by atoms with van der Waals surface area (Å²) in [6.07, 6.45) is 1.59. The van der Waals surface area contributed by atoms with Gasteiger partial charge in [-0.1, -0.05) is 13.8 Å². The predicted octanol–water partition coefficient (Wildman–Crippen LogP) is 0.897. The number of esters is 1. The van der Waals surface area contributed by atoms with Crippen LogP contribution >= 0.6 is 0 Å². The van der Waals surface area contributed by atoms with E-state index in [-0.39, 0.29) is 11.7 Å². The summed E-state index contributed by atoms with van der Waals surface area (Å²) in [5.41, 5.74) is 0.813. The van der Waals surface area contributed by atoms with E-state index in [0.717, 1.165) is 5.69 Å². The topological polar surface area (TPSA) is 70.1 Å². The molecule has 0 spiro atoms. The van der Waals surface area contributed by atoms with Crippen LogP contribution in [0.1, 0.15) is 43.0 Å². The molecule has 2 N–H and O–H groups in total. The van der Waals surface area contributed by atoms with E-state index in [1.54, 1.807) is 13.1 Å². The lowest BCUT2D eigenvalue weighted by Gasteiger charge is -2.07. The van der Waals surface area contributed by atoms with Gasteiger partial charge in [-0.05, 0) is 12.8 Å². The number of aromatic nitrogens is 2. The predicted molar refractivity (Wildman–Crippen MR) is 52.4 cm³/mol. The summed E-state index contributed by atoms with van der Waals surface area (Å²) in [6.45, 7) is 6.03. The molecule has 0 atom stereocenters. The average Bonchev–Trinajstić information content (AvgIpc) is 2.47. The second-order valence-electron chi connectivity index (χ2n) is 3.25. The first-order valence-corrected chi connectivity index (χ1v) is 4.57. The maximum absolute atomic E-state index is 11.3. The van der Waals surface area contributed by atoms with Gasteiger partial charge < -0.3 is 10.6 Å². The first-order chi connectivity index (χ1) is 6.57. The molecule has 14 heavy (non-hydrogen) atoms. The molecule has 0 radical (unpaired) electrons. The van der Waals surface area contributed by atoms with Crippen LogP contribution in [0, 0.1) is 0 Å². The van der Waals surface area contributed by atoms with Gasteiger partial charge in [-0.3, -0.25) is 0 Å². The van der Waals surface area contributed by atoms with Crippen molar-refractivity contribution in [3.63, 3.8) is 0 Å². The van der Waals surface area contributed by atoms with Gasteiger partial charge in [0, 0.05) is 0 Å². The molecule has 0 amide bonds. The highest BCUT2D eigenvalue weighted by atomic mass is 16.5. The van der Waals surface area contributed by atoms with Gasteiger partial charge in [-0.15, -0.1) is 0 Å². The molecule has 0 fully saturated rings. The molecule has 5 nitrogen and oxygen atoms in total. The van der Waals surface area contributed by atoms with E-state index in [1.165, 1.54) is 4.68 Å². The van der Waals surface area contributed by atoms with Crippen LogP contribution < -0.4 is 5.84 Å². The Kier molecular flexibility index (Phi) is 3.11. The van der Waals surface area contributed by atoms with E-state index in [4.69, 9.17) is 10.6 Å². The van der Waals surface area contributed by atoms with Crippen LogP contribution in [0.3, 0.4) is 0 Å². The minimum atomic E-state index is -0.484. The zero-order valence-electron chi connectivity index (χ0n) is 8.65. The summed E-state index contributed by atoms with van der Waals surface area (Å²) >= 11 is 0. The van der Waals surface area contributed by atoms with Crippen molar-refractivity contribution in [1.82, 2.24) is 9.66 Å². The lowest BCUT2D eigenvalue weighted by atomic mass is 10.2. The summed E-state index contributed by atoms with van der Waals surface area (Å²) in [5.74, 6) is 5.59. The monoisotopic (exact) mass is 197 g/mol. The summed E-state index contributed by atoms with van der Waals surface area (Å²) in [7, 11) is 0. The Morgan fingerprint density at radius 2 is 2.36 bits per heavy atom. The molecule has 1 aromatic rings. The fourth-order valence-corrected chi connectivity index (χ4v) is 1.15. The van der Waals surface area contributed by atoms with Crippen molar-refractivity contribution in [2.75, 3.05) is 12.4 Å². The number of imidazole rings is 1. The van der Waals surface area contributed by atoms with E-state index in [9.17, 15) is 4.79 Å². The molecule has 5 heteroatoms. The largest absolute Gasteiger partial charge is 0.460 e. The molecule has 0 aliphatic heterocycles. The second-order valence-corrected chi connectivity index (χ2v) is 3.25. The van der Waals surface area contributed by atoms with Gasteiger partial charge in [0.05, 0.1) is 18.5 Å². The Morgan fingerprint density at radius 3 is 2.79 bits per heavy atom. The number of carbonyl (C=O) groups is 1. The SMILES string of the molecule is CCOC(=O)c1ncc(C(C)C)n1N. The van der Waals surface area contributed by atoms with Gasteiger partial charge in [0.2, 0.25) is 5.82 Å². The van der Waals surface area contributed by atoms with E-state index >= 15 is 0 Å². The molecule has 1 heterocycles. The first kappa shape index (κ1) is 10.6. The third kappa shape index (κ3) is 1.86. The number of nitrogens with zero attached hydrogens (tertiary/aromatic N) is 2. The van der Waals surface area contributed by atoms with Crippen LogP contribution in [-0.2, 0) is 4.74 Å². The Balaban J connectivity index is 2.95. The number of hydrogen-bond donors (Lipinski definition) is 1. The van der Waals surface area contributed by atoms with E-state index in [2.05, 4.69) is 4.98 Å². The fourth-order valence-electron chi connectivity index (χ4n) is 1.15. The van der Waals surface area contributed by atoms with Crippen molar-refractivity contribution in [3.8, 4) is 0 Å². The van der Waals surface area contributed by atoms with E-state index < -0.39 is 5.97 Å². The Morgan fingerprint density at radius 1 is 1.71 bits per heavy atom. The van der Waals surface area contributed by atoms with Crippen LogP contribution in [0.2, 0.25) is 0 Å². The van der Waals surface area contributed by atoms with Crippen molar-refractivity contribution in [1.29, 1.82) is 0 Å². The highest BCUT2D eigenvalue weighted by Gasteiger charge is 2.17. The second kappa shape index (κ2) is 4.13. The molecular formula is C9H15N3O2. The summed E-state index contributed by atoms with van der Waals surface area (Å²) in [5, 5.41) is 0. The van der Waals surface area contributed by atoms with Crippen molar-refractivity contribution in [2.45, 2.75) is 26.7 Å². The Labute approximate surface area is 82.8 Å². The molecule has 0 saturated carbocycles. The smallest absolute Gasteiger partial charge is 0.376 e. The minimum absolute atomic E-state index is 0.149. The van der Waals surface area contributed by atoms with Crippen molar-refractivity contribution < 1.29 is 9.53 Å². The molecule has 0 bridgehead atoms. The third-order valence-corrected chi connectivity index (χ3v) is 1.88. The molecular weight excluding hydrogens is 182 g/mol. The quantitative estimate of drug-likeness (QED) is 0.577. The minimum Gasteiger partial charge on any atom is -0.460 e. The number of ether oxygens (including phenoxy) is 1. The molecule has 1 rings (SSSR count). The zero-order valence-corrected chi connectivity index (χ0v) is 8.65. The summed E-state index contributed by atoms with van der Waals surface area (Å²) < 4.78 is 6.08. The number of nitrogens with two attached hydrogens (primary N) is 1. The average molecular weight is 197 g/mol. The molecule has 0 unspecified atom stereocenters. The first-order valence-electron chi connectivity index (χ1n) is 4.57. The molecule has 0 aromatic carbocycles. The van der Waals surface area contributed by atoms with Gasteiger partial charge in [0.25, 0.3) is 0 Å². The lowest BCUT2D eigenvalue weighted by molar-refractivity contribution is 0.0508. The maximum Gasteiger partial charge on any atom is 0.376 e. The van der Waals surface area contributed by atoms with Gasteiger partial charge in [0.15, 0.2) is 0 Å². The number of carbonyl (C=O) groups excluding carboxylic acids is 1. The van der Waals surface area contributed by atoms with E-state index in [1.807, 2.05) is 13.8 Å². The van der Waals surface area contributed by atoms with Crippen LogP contribution in [0.4, 0.5) is 0 Å².